The Hall–Kier alpha value is -4.45. The van der Waals surface area contributed by atoms with Gasteiger partial charge in [0.2, 0.25) is 0 Å². The quantitative estimate of drug-likeness (QED) is 0.414. The molecule has 0 saturated carbocycles. The van der Waals surface area contributed by atoms with Crippen molar-refractivity contribution in [1.82, 2.24) is 14.5 Å². The third-order valence-electron chi connectivity index (χ3n) is 5.00. The average molecular weight is 420 g/mol. The molecule has 0 radical (unpaired) electrons. The maximum Gasteiger partial charge on any atom is 0.193 e. The van der Waals surface area contributed by atoms with Crippen molar-refractivity contribution in [1.29, 1.82) is 0 Å². The Balaban J connectivity index is 1.63. The second kappa shape index (κ2) is 8.73. The van der Waals surface area contributed by atoms with E-state index in [9.17, 15) is 4.79 Å². The number of anilines is 2. The van der Waals surface area contributed by atoms with Gasteiger partial charge in [0.1, 0.15) is 23.8 Å². The molecule has 0 bridgehead atoms. The Bertz CT molecular complexity index is 1400. The Morgan fingerprint density at radius 3 is 2.41 bits per heavy atom. The fraction of sp³-hybridized carbons (Fsp3) is 0.0385. The zero-order valence-corrected chi connectivity index (χ0v) is 17.2. The molecule has 0 saturated heterocycles. The predicted molar refractivity (Wildman–Crippen MR) is 126 cm³/mol. The molecule has 0 fully saturated rings. The van der Waals surface area contributed by atoms with Crippen LogP contribution in [-0.4, -0.2) is 14.5 Å². The molecule has 0 atom stereocenters. The molecule has 6 heteroatoms. The first-order valence-corrected chi connectivity index (χ1v) is 10.2. The molecule has 0 unspecified atom stereocenters. The number of pyridine rings is 3. The van der Waals surface area contributed by atoms with Gasteiger partial charge in [0.25, 0.3) is 0 Å². The fourth-order valence-corrected chi connectivity index (χ4v) is 3.50. The topological polar surface area (TPSA) is 69.0 Å². The number of nitrogens with zero attached hydrogens (tertiary/aromatic N) is 3. The minimum atomic E-state index is -0.0992. The molecule has 0 aliphatic carbocycles. The second-order valence-electron chi connectivity index (χ2n) is 7.21. The van der Waals surface area contributed by atoms with Crippen molar-refractivity contribution < 1.29 is 4.74 Å². The summed E-state index contributed by atoms with van der Waals surface area (Å²) in [4.78, 5) is 21.8. The number of nitrogens with one attached hydrogen (secondary N) is 1. The summed E-state index contributed by atoms with van der Waals surface area (Å²) in [7, 11) is 0. The third-order valence-corrected chi connectivity index (χ3v) is 5.00. The van der Waals surface area contributed by atoms with E-state index >= 15 is 0 Å². The van der Waals surface area contributed by atoms with Crippen molar-refractivity contribution in [3.63, 3.8) is 0 Å². The summed E-state index contributed by atoms with van der Waals surface area (Å²) >= 11 is 0. The lowest BCUT2D eigenvalue weighted by Crippen LogP contribution is -2.14. The van der Waals surface area contributed by atoms with Crippen LogP contribution in [-0.2, 0) is 6.61 Å². The van der Waals surface area contributed by atoms with Crippen molar-refractivity contribution in [2.75, 3.05) is 5.32 Å². The maximum atomic E-state index is 12.9. The van der Waals surface area contributed by atoms with Gasteiger partial charge >= 0.3 is 0 Å². The Morgan fingerprint density at radius 2 is 1.66 bits per heavy atom. The number of rotatable bonds is 6. The molecule has 5 rings (SSSR count). The summed E-state index contributed by atoms with van der Waals surface area (Å²) in [6.45, 7) is 0.265. The van der Waals surface area contributed by atoms with Gasteiger partial charge in [-0.3, -0.25) is 14.3 Å². The summed E-state index contributed by atoms with van der Waals surface area (Å²) in [5.41, 5.74) is 2.95. The van der Waals surface area contributed by atoms with Crippen LogP contribution in [0.25, 0.3) is 16.7 Å². The minimum Gasteiger partial charge on any atom is -0.486 e. The molecular formula is C26H20N4O2. The van der Waals surface area contributed by atoms with Gasteiger partial charge in [-0.25, -0.2) is 4.98 Å². The number of aromatic nitrogens is 3. The number of hydrogen-bond acceptors (Lipinski definition) is 5. The molecule has 0 amide bonds. The normalized spacial score (nSPS) is 10.8. The van der Waals surface area contributed by atoms with Crippen LogP contribution in [0.5, 0.6) is 5.75 Å². The predicted octanol–water partition coefficient (Wildman–Crippen LogP) is 5.10. The van der Waals surface area contributed by atoms with Gasteiger partial charge in [-0.1, -0.05) is 36.4 Å². The lowest BCUT2D eigenvalue weighted by molar-refractivity contribution is 0.300. The molecule has 0 spiro atoms. The maximum absolute atomic E-state index is 12.9. The molecule has 0 aliphatic rings. The summed E-state index contributed by atoms with van der Waals surface area (Å²) in [6, 6.07) is 28.5. The van der Waals surface area contributed by atoms with Crippen molar-refractivity contribution in [2.45, 2.75) is 6.61 Å². The number of para-hydroxylation sites is 2. The minimum absolute atomic E-state index is 0.0992. The van der Waals surface area contributed by atoms with Gasteiger partial charge in [-0.2, -0.15) is 0 Å². The van der Waals surface area contributed by atoms with E-state index in [2.05, 4.69) is 10.3 Å². The van der Waals surface area contributed by atoms with Gasteiger partial charge in [-0.05, 0) is 48.5 Å². The fourth-order valence-electron chi connectivity index (χ4n) is 3.50. The highest BCUT2D eigenvalue weighted by atomic mass is 16.5. The zero-order valence-electron chi connectivity index (χ0n) is 17.2. The Kier molecular flexibility index (Phi) is 5.32. The standard InChI is InChI=1S/C26H20N4O2/c31-24-16-25(28-19-8-3-1-4-9-19)30(21-10-5-2-6-11-21)26-23(24)14-13-20(29-26)18-32-22-12-7-15-27-17-22/h1-17,28H,18H2. The number of fused-ring (bicyclic) bond motifs is 1. The van der Waals surface area contributed by atoms with Crippen LogP contribution >= 0.6 is 0 Å². The smallest absolute Gasteiger partial charge is 0.193 e. The third kappa shape index (κ3) is 4.06. The van der Waals surface area contributed by atoms with E-state index in [0.29, 0.717) is 28.3 Å². The van der Waals surface area contributed by atoms with E-state index in [1.165, 1.54) is 0 Å². The molecule has 2 aromatic carbocycles. The van der Waals surface area contributed by atoms with Crippen molar-refractivity contribution >= 4 is 22.5 Å². The van der Waals surface area contributed by atoms with Crippen molar-refractivity contribution in [3.05, 3.63) is 119 Å². The van der Waals surface area contributed by atoms with E-state index in [1.807, 2.05) is 83.4 Å². The molecule has 1 N–H and O–H groups in total. The van der Waals surface area contributed by atoms with Crippen LogP contribution in [0, 0.1) is 0 Å². The summed E-state index contributed by atoms with van der Waals surface area (Å²) in [5, 5.41) is 3.90. The van der Waals surface area contributed by atoms with Gasteiger partial charge in [0.15, 0.2) is 5.43 Å². The van der Waals surface area contributed by atoms with Crippen molar-refractivity contribution in [2.24, 2.45) is 0 Å². The molecule has 156 valence electrons. The highest BCUT2D eigenvalue weighted by molar-refractivity contribution is 5.81. The lowest BCUT2D eigenvalue weighted by atomic mass is 10.2. The molecule has 6 nitrogen and oxygen atoms in total. The summed E-state index contributed by atoms with van der Waals surface area (Å²) in [5.74, 6) is 1.30. The molecule has 3 heterocycles. The summed E-state index contributed by atoms with van der Waals surface area (Å²) < 4.78 is 7.77. The molecule has 32 heavy (non-hydrogen) atoms. The highest BCUT2D eigenvalue weighted by Crippen LogP contribution is 2.24. The van der Waals surface area contributed by atoms with Gasteiger partial charge in [0, 0.05) is 23.6 Å². The van der Waals surface area contributed by atoms with Crippen LogP contribution < -0.4 is 15.5 Å². The Morgan fingerprint density at radius 1 is 0.875 bits per heavy atom. The zero-order chi connectivity index (χ0) is 21.8. The molecular weight excluding hydrogens is 400 g/mol. The van der Waals surface area contributed by atoms with Crippen LogP contribution in [0.2, 0.25) is 0 Å². The van der Waals surface area contributed by atoms with Crippen LogP contribution in [0.15, 0.2) is 108 Å². The SMILES string of the molecule is O=c1cc(Nc2ccccc2)n(-c2ccccc2)c2nc(COc3cccnc3)ccc12. The number of hydrogen-bond donors (Lipinski definition) is 1. The van der Waals surface area contributed by atoms with E-state index in [1.54, 1.807) is 24.5 Å². The largest absolute Gasteiger partial charge is 0.486 e. The molecule has 0 aliphatic heterocycles. The van der Waals surface area contributed by atoms with Gasteiger partial charge < -0.3 is 10.1 Å². The highest BCUT2D eigenvalue weighted by Gasteiger charge is 2.14. The number of benzene rings is 2. The summed E-state index contributed by atoms with van der Waals surface area (Å²) in [6.07, 6.45) is 3.35. The Labute approximate surface area is 184 Å². The first-order valence-electron chi connectivity index (χ1n) is 10.2. The van der Waals surface area contributed by atoms with Crippen LogP contribution in [0.1, 0.15) is 5.69 Å². The monoisotopic (exact) mass is 420 g/mol. The van der Waals surface area contributed by atoms with E-state index in [-0.39, 0.29) is 12.0 Å². The molecule has 3 aromatic heterocycles. The van der Waals surface area contributed by atoms with Gasteiger partial charge in [0.05, 0.1) is 17.3 Å². The van der Waals surface area contributed by atoms with E-state index < -0.39 is 0 Å². The average Bonchev–Trinajstić information content (AvgIpc) is 2.85. The first kappa shape index (κ1) is 19.5. The first-order chi connectivity index (χ1) is 15.8. The second-order valence-corrected chi connectivity index (χ2v) is 7.21. The lowest BCUT2D eigenvalue weighted by Gasteiger charge is -2.18. The van der Waals surface area contributed by atoms with Crippen LogP contribution in [0.3, 0.4) is 0 Å². The van der Waals surface area contributed by atoms with Crippen molar-refractivity contribution in [3.8, 4) is 11.4 Å². The molecule has 5 aromatic rings. The van der Waals surface area contributed by atoms with E-state index in [0.717, 1.165) is 11.4 Å². The van der Waals surface area contributed by atoms with Crippen LogP contribution in [0.4, 0.5) is 11.5 Å². The van der Waals surface area contributed by atoms with Gasteiger partial charge in [-0.15, -0.1) is 0 Å². The van der Waals surface area contributed by atoms with E-state index in [4.69, 9.17) is 9.72 Å². The number of ether oxygens (including phenoxy) is 1.